The van der Waals surface area contributed by atoms with E-state index in [0.29, 0.717) is 39.8 Å². The summed E-state index contributed by atoms with van der Waals surface area (Å²) in [6, 6.07) is 17.6. The Hall–Kier alpha value is -3.27. The number of nitrogens with one attached hydrogen (secondary N) is 1. The first kappa shape index (κ1) is 26.9. The molecular weight excluding hydrogens is 575 g/mol. The van der Waals surface area contributed by atoms with E-state index in [1.807, 2.05) is 6.07 Å². The number of carbonyl (C=O) groups is 2. The number of carbonyl (C=O) groups excluding carboxylic acids is 2. The van der Waals surface area contributed by atoms with Crippen LogP contribution in [0, 0.1) is 0 Å². The van der Waals surface area contributed by atoms with Crippen molar-refractivity contribution in [3.63, 3.8) is 0 Å². The number of likely N-dealkylation sites (tertiary alicyclic amines) is 1. The number of alkyl carbamates (subject to hydrolysis) is 1. The lowest BCUT2D eigenvalue weighted by molar-refractivity contribution is -0.134. The van der Waals surface area contributed by atoms with Crippen molar-refractivity contribution in [3.8, 4) is 5.75 Å². The number of sulfone groups is 1. The summed E-state index contributed by atoms with van der Waals surface area (Å²) in [4.78, 5) is 26.9. The van der Waals surface area contributed by atoms with Gasteiger partial charge in [-0.15, -0.1) is 0 Å². The summed E-state index contributed by atoms with van der Waals surface area (Å²) < 4.78 is 38.6. The van der Waals surface area contributed by atoms with Crippen molar-refractivity contribution in [1.82, 2.24) is 10.2 Å². The fraction of sp³-hybridized carbons (Fsp3) is 0.310. The molecule has 2 saturated heterocycles. The number of ether oxygens (including phenoxy) is 2. The van der Waals surface area contributed by atoms with Gasteiger partial charge in [0.1, 0.15) is 29.8 Å². The van der Waals surface area contributed by atoms with E-state index in [9.17, 15) is 18.0 Å². The highest BCUT2D eigenvalue weighted by atomic mass is 35.5. The highest BCUT2D eigenvalue weighted by Gasteiger charge is 2.61. The van der Waals surface area contributed by atoms with Gasteiger partial charge in [-0.1, -0.05) is 53.5 Å². The van der Waals surface area contributed by atoms with E-state index in [0.717, 1.165) is 5.56 Å². The minimum atomic E-state index is -3.94. The second kappa shape index (κ2) is 10.3. The van der Waals surface area contributed by atoms with Crippen molar-refractivity contribution >= 4 is 45.0 Å². The smallest absolute Gasteiger partial charge is 0.407 e. The molecule has 0 spiro atoms. The highest BCUT2D eigenvalue weighted by Crippen LogP contribution is 2.53. The van der Waals surface area contributed by atoms with Crippen molar-refractivity contribution in [2.24, 2.45) is 0 Å². The van der Waals surface area contributed by atoms with E-state index in [-0.39, 0.29) is 37.0 Å². The molecule has 2 heterocycles. The Morgan fingerprint density at radius 2 is 1.82 bits per heavy atom. The van der Waals surface area contributed by atoms with Crippen molar-refractivity contribution in [2.45, 2.75) is 47.6 Å². The van der Waals surface area contributed by atoms with Crippen LogP contribution in [0.3, 0.4) is 0 Å². The Morgan fingerprint density at radius 3 is 2.52 bits per heavy atom. The molecule has 6 rings (SSSR count). The zero-order chi connectivity index (χ0) is 28.1. The molecule has 1 aliphatic carbocycles. The summed E-state index contributed by atoms with van der Waals surface area (Å²) in [5.74, 6) is 0.234. The van der Waals surface area contributed by atoms with E-state index in [1.54, 1.807) is 65.6 Å². The fourth-order valence-electron chi connectivity index (χ4n) is 6.21. The Balaban J connectivity index is 1.38. The second-order valence-corrected chi connectivity index (χ2v) is 13.2. The molecule has 0 saturated carbocycles. The number of benzene rings is 3. The van der Waals surface area contributed by atoms with E-state index in [1.165, 1.54) is 0 Å². The lowest BCUT2D eigenvalue weighted by atomic mass is 9.78. The van der Waals surface area contributed by atoms with Crippen LogP contribution in [0.25, 0.3) is 0 Å². The molecule has 11 heteroatoms. The Labute approximate surface area is 242 Å². The first-order valence-corrected chi connectivity index (χ1v) is 15.2. The average Bonchev–Trinajstić information content (AvgIpc) is 3.57. The van der Waals surface area contributed by atoms with Crippen molar-refractivity contribution in [3.05, 3.63) is 93.5 Å². The Kier molecular flexibility index (Phi) is 6.92. The molecule has 208 valence electrons. The number of hydrogen-bond acceptors (Lipinski definition) is 6. The number of hydrogen-bond donors (Lipinski definition) is 1. The van der Waals surface area contributed by atoms with E-state index < -0.39 is 32.8 Å². The molecule has 3 aliphatic rings. The molecule has 2 amide bonds. The molecule has 0 radical (unpaired) electrons. The first-order chi connectivity index (χ1) is 19.2. The number of amides is 2. The SMILES string of the molecule is O=C1NC(C(=O)N2CC[C@@]3(S(=O)(=O)c4ccccc4)c4ccc(OCc5c(Cl)cccc5Cl)cc4CC[C@@H]23)CO1. The fourth-order valence-corrected chi connectivity index (χ4v) is 9.11. The van der Waals surface area contributed by atoms with Crippen LogP contribution < -0.4 is 10.1 Å². The second-order valence-electron chi connectivity index (χ2n) is 10.1. The number of nitrogens with zero attached hydrogens (tertiary/aromatic N) is 1. The normalized spacial score (nSPS) is 23.6. The number of cyclic esters (lactones) is 1. The van der Waals surface area contributed by atoms with Crippen LogP contribution in [0.1, 0.15) is 29.5 Å². The standard InChI is InChI=1S/C29H26Cl2N2O6S/c30-23-7-4-8-24(31)21(23)16-38-19-10-11-22-18(15-19)9-12-26-29(22,40(36,37)20-5-2-1-3-6-20)13-14-33(26)27(34)25-17-39-28(35)32-25/h1-8,10-11,15,25-26H,9,12-14,16-17H2,(H,32,35)/t25?,26-,29-/m1/s1. The van der Waals surface area contributed by atoms with Crippen molar-refractivity contribution < 1.29 is 27.5 Å². The predicted molar refractivity (Wildman–Crippen MR) is 149 cm³/mol. The summed E-state index contributed by atoms with van der Waals surface area (Å²) >= 11 is 12.6. The van der Waals surface area contributed by atoms with Crippen molar-refractivity contribution in [1.29, 1.82) is 0 Å². The van der Waals surface area contributed by atoms with Crippen LogP contribution in [0.2, 0.25) is 10.0 Å². The number of halogens is 2. The van der Waals surface area contributed by atoms with Gasteiger partial charge in [-0.05, 0) is 66.8 Å². The number of rotatable bonds is 6. The first-order valence-electron chi connectivity index (χ1n) is 12.9. The summed E-state index contributed by atoms with van der Waals surface area (Å²) in [6.07, 6.45) is 0.560. The molecule has 40 heavy (non-hydrogen) atoms. The van der Waals surface area contributed by atoms with Gasteiger partial charge in [-0.3, -0.25) is 4.79 Å². The van der Waals surface area contributed by atoms with E-state index in [2.05, 4.69) is 5.32 Å². The van der Waals surface area contributed by atoms with Gasteiger partial charge in [0.05, 0.1) is 10.9 Å². The zero-order valence-electron chi connectivity index (χ0n) is 21.3. The molecule has 1 N–H and O–H groups in total. The van der Waals surface area contributed by atoms with Crippen molar-refractivity contribution in [2.75, 3.05) is 13.2 Å². The van der Waals surface area contributed by atoms with Crippen LogP contribution >= 0.6 is 23.2 Å². The quantitative estimate of drug-likeness (QED) is 0.432. The molecule has 2 aliphatic heterocycles. The van der Waals surface area contributed by atoms with Crippen LogP contribution in [-0.4, -0.2) is 50.6 Å². The third-order valence-electron chi connectivity index (χ3n) is 8.09. The van der Waals surface area contributed by atoms with Gasteiger partial charge in [-0.2, -0.15) is 0 Å². The van der Waals surface area contributed by atoms with E-state index >= 15 is 0 Å². The van der Waals surface area contributed by atoms with Crippen LogP contribution in [0.4, 0.5) is 4.79 Å². The average molecular weight is 602 g/mol. The van der Waals surface area contributed by atoms with Gasteiger partial charge in [0.2, 0.25) is 5.91 Å². The maximum absolute atomic E-state index is 14.5. The molecule has 3 aromatic rings. The molecule has 0 bridgehead atoms. The van der Waals surface area contributed by atoms with E-state index in [4.69, 9.17) is 32.7 Å². The number of aryl methyl sites for hydroxylation is 1. The minimum Gasteiger partial charge on any atom is -0.489 e. The van der Waals surface area contributed by atoms with Gasteiger partial charge in [0, 0.05) is 22.2 Å². The maximum atomic E-state index is 14.5. The molecule has 2 fully saturated rings. The zero-order valence-corrected chi connectivity index (χ0v) is 23.6. The lowest BCUT2D eigenvalue weighted by Gasteiger charge is -2.43. The maximum Gasteiger partial charge on any atom is 0.407 e. The van der Waals surface area contributed by atoms with Gasteiger partial charge in [0.15, 0.2) is 9.84 Å². The third-order valence-corrected chi connectivity index (χ3v) is 11.3. The van der Waals surface area contributed by atoms with Crippen LogP contribution in [0.15, 0.2) is 71.6 Å². The largest absolute Gasteiger partial charge is 0.489 e. The van der Waals surface area contributed by atoms with Gasteiger partial charge in [-0.25, -0.2) is 13.2 Å². The predicted octanol–water partition coefficient (Wildman–Crippen LogP) is 4.90. The molecule has 0 aromatic heterocycles. The summed E-state index contributed by atoms with van der Waals surface area (Å²) in [5.41, 5.74) is 2.18. The summed E-state index contributed by atoms with van der Waals surface area (Å²) in [6.45, 7) is 0.321. The molecule has 3 atom stereocenters. The van der Waals surface area contributed by atoms with Gasteiger partial charge < -0.3 is 19.7 Å². The Bertz CT molecular complexity index is 1580. The molecule has 1 unspecified atom stereocenters. The van der Waals surface area contributed by atoms with Crippen LogP contribution in [0.5, 0.6) is 5.75 Å². The molecule has 8 nitrogen and oxygen atoms in total. The summed E-state index contributed by atoms with van der Waals surface area (Å²) in [5, 5.41) is 3.54. The monoisotopic (exact) mass is 600 g/mol. The topological polar surface area (TPSA) is 102 Å². The third kappa shape index (κ3) is 4.31. The van der Waals surface area contributed by atoms with Gasteiger partial charge >= 0.3 is 6.09 Å². The molecular formula is C29H26Cl2N2O6S. The minimum absolute atomic E-state index is 0.0773. The summed E-state index contributed by atoms with van der Waals surface area (Å²) in [7, 11) is -3.94. The Morgan fingerprint density at radius 1 is 1.07 bits per heavy atom. The van der Waals surface area contributed by atoms with Gasteiger partial charge in [0.25, 0.3) is 0 Å². The highest BCUT2D eigenvalue weighted by molar-refractivity contribution is 7.92. The molecule has 3 aromatic carbocycles. The lowest BCUT2D eigenvalue weighted by Crippen LogP contribution is -2.55. The number of fused-ring (bicyclic) bond motifs is 3. The van der Waals surface area contributed by atoms with Crippen LogP contribution in [-0.2, 0) is 37.1 Å².